The van der Waals surface area contributed by atoms with Crippen molar-refractivity contribution in [3.05, 3.63) is 59.4 Å². The van der Waals surface area contributed by atoms with Crippen LogP contribution in [0, 0.1) is 5.92 Å². The first-order valence-electron chi connectivity index (χ1n) is 9.76. The second-order valence-corrected chi connectivity index (χ2v) is 9.35. The van der Waals surface area contributed by atoms with E-state index in [4.69, 9.17) is 9.47 Å². The average molecular weight is 467 g/mol. The average Bonchev–Trinajstić information content (AvgIpc) is 3.58. The van der Waals surface area contributed by atoms with Crippen LogP contribution in [-0.4, -0.2) is 50.3 Å². The number of sulfone groups is 1. The quantitative estimate of drug-likeness (QED) is 0.572. The number of para-hydroxylation sites is 1. The van der Waals surface area contributed by atoms with Gasteiger partial charge in [-0.15, -0.1) is 0 Å². The Morgan fingerprint density at radius 1 is 1.31 bits per heavy atom. The SMILES string of the molecule is COC[C@H](/C=C/S(C)(=O)=O)NC(=O)c1cnc(C(F)(F)C2CC2)nc1Oc1ccccc1. The fourth-order valence-corrected chi connectivity index (χ4v) is 3.27. The number of carbonyl (C=O) groups excluding carboxylic acids is 1. The summed E-state index contributed by atoms with van der Waals surface area (Å²) in [5, 5.41) is 3.50. The van der Waals surface area contributed by atoms with Crippen molar-refractivity contribution in [2.45, 2.75) is 24.8 Å². The molecule has 0 aliphatic heterocycles. The van der Waals surface area contributed by atoms with Crippen molar-refractivity contribution in [1.82, 2.24) is 15.3 Å². The molecule has 0 bridgehead atoms. The minimum Gasteiger partial charge on any atom is -0.438 e. The maximum Gasteiger partial charge on any atom is 0.309 e. The summed E-state index contributed by atoms with van der Waals surface area (Å²) in [7, 11) is -2.05. The van der Waals surface area contributed by atoms with E-state index >= 15 is 0 Å². The largest absolute Gasteiger partial charge is 0.438 e. The molecular weight excluding hydrogens is 444 g/mol. The first-order chi connectivity index (χ1) is 15.1. The van der Waals surface area contributed by atoms with Crippen LogP contribution in [0.4, 0.5) is 8.78 Å². The molecule has 1 aliphatic carbocycles. The van der Waals surface area contributed by atoms with E-state index in [0.717, 1.165) is 17.9 Å². The van der Waals surface area contributed by atoms with Crippen molar-refractivity contribution in [2.24, 2.45) is 5.92 Å². The summed E-state index contributed by atoms with van der Waals surface area (Å²) in [6.45, 7) is -0.0225. The molecular formula is C21H23F2N3O5S. The fraction of sp³-hybridized carbons (Fsp3) is 0.381. The number of rotatable bonds is 10. The van der Waals surface area contributed by atoms with E-state index in [2.05, 4.69) is 15.3 Å². The summed E-state index contributed by atoms with van der Waals surface area (Å²) in [5.74, 6) is -5.56. The summed E-state index contributed by atoms with van der Waals surface area (Å²) in [6, 6.07) is 7.48. The van der Waals surface area contributed by atoms with Gasteiger partial charge in [0, 0.05) is 30.9 Å². The summed E-state index contributed by atoms with van der Waals surface area (Å²) >= 11 is 0. The van der Waals surface area contributed by atoms with Crippen LogP contribution < -0.4 is 10.1 Å². The molecule has 0 radical (unpaired) electrons. The number of alkyl halides is 2. The lowest BCUT2D eigenvalue weighted by atomic mass is 10.2. The van der Waals surface area contributed by atoms with E-state index < -0.39 is 39.5 Å². The first kappa shape index (κ1) is 23.7. The number of amides is 1. The number of aromatic nitrogens is 2. The Morgan fingerprint density at radius 2 is 2.00 bits per heavy atom. The van der Waals surface area contributed by atoms with Gasteiger partial charge in [0.1, 0.15) is 11.3 Å². The van der Waals surface area contributed by atoms with E-state index in [1.807, 2.05) is 0 Å². The zero-order chi connectivity index (χ0) is 23.4. The summed E-state index contributed by atoms with van der Waals surface area (Å²) in [4.78, 5) is 20.5. The number of hydrogen-bond donors (Lipinski definition) is 1. The minimum atomic E-state index is -3.43. The lowest BCUT2D eigenvalue weighted by Gasteiger charge is -2.18. The molecule has 32 heavy (non-hydrogen) atoms. The number of methoxy groups -OCH3 is 1. The van der Waals surface area contributed by atoms with Crippen LogP contribution in [0.3, 0.4) is 0 Å². The predicted molar refractivity (Wildman–Crippen MR) is 112 cm³/mol. The maximum atomic E-state index is 14.6. The highest BCUT2D eigenvalue weighted by atomic mass is 32.2. The molecule has 1 aromatic heterocycles. The molecule has 0 unspecified atom stereocenters. The van der Waals surface area contributed by atoms with E-state index in [1.165, 1.54) is 13.2 Å². The van der Waals surface area contributed by atoms with Crippen LogP contribution in [0.15, 0.2) is 48.0 Å². The zero-order valence-electron chi connectivity index (χ0n) is 17.5. The molecule has 11 heteroatoms. The van der Waals surface area contributed by atoms with Gasteiger partial charge in [-0.05, 0) is 31.1 Å². The highest BCUT2D eigenvalue weighted by Crippen LogP contribution is 2.48. The number of benzene rings is 1. The van der Waals surface area contributed by atoms with Crippen molar-refractivity contribution in [3.8, 4) is 11.6 Å². The number of halogens is 2. The zero-order valence-corrected chi connectivity index (χ0v) is 18.3. The molecule has 1 aromatic carbocycles. The third-order valence-corrected chi connectivity index (χ3v) is 5.22. The van der Waals surface area contributed by atoms with Gasteiger partial charge in [0.25, 0.3) is 5.91 Å². The molecule has 1 saturated carbocycles. The number of ether oxygens (including phenoxy) is 2. The van der Waals surface area contributed by atoms with Gasteiger partial charge in [0.15, 0.2) is 9.84 Å². The summed E-state index contributed by atoms with van der Waals surface area (Å²) in [5.41, 5.74) is -0.182. The number of nitrogens with one attached hydrogen (secondary N) is 1. The minimum absolute atomic E-state index is 0.0225. The van der Waals surface area contributed by atoms with Gasteiger partial charge in [0.2, 0.25) is 11.7 Å². The fourth-order valence-electron chi connectivity index (χ4n) is 2.80. The molecule has 8 nitrogen and oxygen atoms in total. The molecule has 3 rings (SSSR count). The van der Waals surface area contributed by atoms with Crippen LogP contribution in [0.2, 0.25) is 0 Å². The Bertz CT molecular complexity index is 1090. The van der Waals surface area contributed by atoms with Crippen molar-refractivity contribution >= 4 is 15.7 Å². The van der Waals surface area contributed by atoms with E-state index in [0.29, 0.717) is 18.6 Å². The Morgan fingerprint density at radius 3 is 2.59 bits per heavy atom. The smallest absolute Gasteiger partial charge is 0.309 e. The van der Waals surface area contributed by atoms with E-state index in [9.17, 15) is 22.0 Å². The Hall–Kier alpha value is -2.92. The summed E-state index contributed by atoms with van der Waals surface area (Å²) in [6.07, 6.45) is 3.99. The number of carbonyl (C=O) groups is 1. The van der Waals surface area contributed by atoms with Crippen molar-refractivity contribution < 1.29 is 31.5 Å². The van der Waals surface area contributed by atoms with Gasteiger partial charge in [-0.3, -0.25) is 4.79 Å². The predicted octanol–water partition coefficient (Wildman–Crippen LogP) is 3.07. The molecule has 0 spiro atoms. The lowest BCUT2D eigenvalue weighted by molar-refractivity contribution is -0.0379. The van der Waals surface area contributed by atoms with Crippen molar-refractivity contribution in [3.63, 3.8) is 0 Å². The highest BCUT2D eigenvalue weighted by Gasteiger charge is 2.50. The number of nitrogens with zero attached hydrogens (tertiary/aromatic N) is 2. The molecule has 1 fully saturated rings. The third kappa shape index (κ3) is 6.30. The highest BCUT2D eigenvalue weighted by molar-refractivity contribution is 7.93. The van der Waals surface area contributed by atoms with Crippen LogP contribution in [0.25, 0.3) is 0 Å². The van der Waals surface area contributed by atoms with Crippen LogP contribution in [-0.2, 0) is 20.5 Å². The number of hydrogen-bond acceptors (Lipinski definition) is 7. The molecule has 1 heterocycles. The van der Waals surface area contributed by atoms with Gasteiger partial charge in [0.05, 0.1) is 12.6 Å². The molecule has 0 saturated heterocycles. The van der Waals surface area contributed by atoms with Gasteiger partial charge >= 0.3 is 5.92 Å². The van der Waals surface area contributed by atoms with Crippen molar-refractivity contribution in [2.75, 3.05) is 20.0 Å². The summed E-state index contributed by atoms with van der Waals surface area (Å²) < 4.78 is 62.5. The lowest BCUT2D eigenvalue weighted by Crippen LogP contribution is -2.37. The van der Waals surface area contributed by atoms with Crippen LogP contribution in [0.5, 0.6) is 11.6 Å². The van der Waals surface area contributed by atoms with E-state index in [-0.39, 0.29) is 18.1 Å². The molecule has 1 N–H and O–H groups in total. The van der Waals surface area contributed by atoms with Gasteiger partial charge in [-0.25, -0.2) is 13.4 Å². The molecule has 1 atom stereocenters. The topological polar surface area (TPSA) is 107 Å². The maximum absolute atomic E-state index is 14.6. The second kappa shape index (κ2) is 9.70. The van der Waals surface area contributed by atoms with Crippen LogP contribution in [0.1, 0.15) is 29.0 Å². The van der Waals surface area contributed by atoms with Crippen molar-refractivity contribution in [1.29, 1.82) is 0 Å². The molecule has 1 amide bonds. The molecule has 2 aromatic rings. The van der Waals surface area contributed by atoms with Gasteiger partial charge in [-0.2, -0.15) is 13.8 Å². The Labute approximate surface area is 184 Å². The normalized spacial score (nSPS) is 15.5. The first-order valence-corrected chi connectivity index (χ1v) is 11.7. The second-order valence-electron chi connectivity index (χ2n) is 7.42. The van der Waals surface area contributed by atoms with E-state index in [1.54, 1.807) is 30.3 Å². The van der Waals surface area contributed by atoms with Gasteiger partial charge in [-0.1, -0.05) is 18.2 Å². The molecule has 172 valence electrons. The Balaban J connectivity index is 1.92. The standard InChI is InChI=1S/C21H23F2N3O5S/c1-30-13-15(10-11-32(2,28)29)25-18(27)17-12-24-20(21(22,23)14-8-9-14)26-19(17)31-16-6-4-3-5-7-16/h3-7,10-12,14-15H,8-9,13H2,1-2H3,(H,25,27)/b11-10+/t15-/m0/s1. The molecule has 1 aliphatic rings. The Kier molecular flexibility index (Phi) is 7.19. The van der Waals surface area contributed by atoms with Crippen LogP contribution >= 0.6 is 0 Å². The van der Waals surface area contributed by atoms with Gasteiger partial charge < -0.3 is 14.8 Å². The monoisotopic (exact) mass is 467 g/mol. The third-order valence-electron chi connectivity index (χ3n) is 4.57.